The number of rotatable bonds is 9. The first-order chi connectivity index (χ1) is 13.9. The summed E-state index contributed by atoms with van der Waals surface area (Å²) in [6.45, 7) is 3.51. The molecule has 6 nitrogen and oxygen atoms in total. The topological polar surface area (TPSA) is 84.5 Å². The fourth-order valence-corrected chi connectivity index (χ4v) is 2.92. The second kappa shape index (κ2) is 11.2. The van der Waals surface area contributed by atoms with Crippen molar-refractivity contribution in [2.24, 2.45) is 0 Å². The molecule has 0 saturated heterocycles. The number of aryl methyl sites for hydroxylation is 1. The minimum Gasteiger partial charge on any atom is -0.452 e. The summed E-state index contributed by atoms with van der Waals surface area (Å²) in [4.78, 5) is 35.8. The van der Waals surface area contributed by atoms with Gasteiger partial charge in [-0.15, -0.1) is 11.8 Å². The molecule has 2 aromatic carbocycles. The molecule has 0 aliphatic heterocycles. The standard InChI is InChI=1S/C21H23FN2O4S/c1-3-15-8-10-16(11-9-15)23-21(27)14(2)28-20(26)13-29-12-19(25)24-18-7-5-4-6-17(18)22/h4-11,14H,3,12-13H2,1-2H3,(H,23,27)(H,24,25)/t14-/m0/s1. The number of halogens is 1. The summed E-state index contributed by atoms with van der Waals surface area (Å²) in [5, 5.41) is 5.11. The predicted octanol–water partition coefficient (Wildman–Crippen LogP) is 3.63. The molecule has 0 bridgehead atoms. The fraction of sp³-hybridized carbons (Fsp3) is 0.286. The van der Waals surface area contributed by atoms with Gasteiger partial charge in [0.05, 0.1) is 17.2 Å². The van der Waals surface area contributed by atoms with Crippen LogP contribution in [0, 0.1) is 5.82 Å². The Labute approximate surface area is 173 Å². The van der Waals surface area contributed by atoms with Gasteiger partial charge in [-0.25, -0.2) is 4.39 Å². The van der Waals surface area contributed by atoms with Gasteiger partial charge in [-0.2, -0.15) is 0 Å². The maximum Gasteiger partial charge on any atom is 0.316 e. The number of nitrogens with one attached hydrogen (secondary N) is 2. The molecule has 2 amide bonds. The molecule has 0 aromatic heterocycles. The number of carbonyl (C=O) groups excluding carboxylic acids is 3. The molecular weight excluding hydrogens is 395 g/mol. The van der Waals surface area contributed by atoms with E-state index in [1.807, 2.05) is 19.1 Å². The Morgan fingerprint density at radius 2 is 1.72 bits per heavy atom. The molecule has 0 spiro atoms. The second-order valence-electron chi connectivity index (χ2n) is 6.19. The first kappa shape index (κ1) is 22.4. The molecule has 2 N–H and O–H groups in total. The smallest absolute Gasteiger partial charge is 0.316 e. The van der Waals surface area contributed by atoms with Gasteiger partial charge in [-0.05, 0) is 43.2 Å². The molecule has 2 rings (SSSR count). The molecule has 0 aliphatic carbocycles. The molecule has 29 heavy (non-hydrogen) atoms. The molecule has 1 atom stereocenters. The van der Waals surface area contributed by atoms with E-state index in [4.69, 9.17) is 4.74 Å². The number of anilines is 2. The van der Waals surface area contributed by atoms with Crippen LogP contribution in [0.25, 0.3) is 0 Å². The highest BCUT2D eigenvalue weighted by molar-refractivity contribution is 8.00. The Bertz CT molecular complexity index is 858. The van der Waals surface area contributed by atoms with Crippen LogP contribution in [0.4, 0.5) is 15.8 Å². The molecule has 0 heterocycles. The number of benzene rings is 2. The van der Waals surface area contributed by atoms with E-state index in [0.717, 1.165) is 23.7 Å². The summed E-state index contributed by atoms with van der Waals surface area (Å²) in [5.74, 6) is -2.17. The molecule has 0 aliphatic rings. The summed E-state index contributed by atoms with van der Waals surface area (Å²) >= 11 is 1.02. The molecule has 0 fully saturated rings. The van der Waals surface area contributed by atoms with Gasteiger partial charge >= 0.3 is 5.97 Å². The summed E-state index contributed by atoms with van der Waals surface area (Å²) in [7, 11) is 0. The Morgan fingerprint density at radius 3 is 2.38 bits per heavy atom. The maximum atomic E-state index is 13.5. The van der Waals surface area contributed by atoms with Crippen molar-refractivity contribution in [2.45, 2.75) is 26.4 Å². The molecular formula is C21H23FN2O4S. The van der Waals surface area contributed by atoms with Crippen LogP contribution < -0.4 is 10.6 Å². The SMILES string of the molecule is CCc1ccc(NC(=O)[C@H](C)OC(=O)CSCC(=O)Nc2ccccc2F)cc1. The molecule has 8 heteroatoms. The van der Waals surface area contributed by atoms with Gasteiger partial charge < -0.3 is 15.4 Å². The third-order valence-corrected chi connectivity index (χ3v) is 4.81. The van der Waals surface area contributed by atoms with Gasteiger partial charge in [0.2, 0.25) is 5.91 Å². The molecule has 0 radical (unpaired) electrons. The lowest BCUT2D eigenvalue weighted by atomic mass is 10.1. The van der Waals surface area contributed by atoms with Crippen LogP contribution >= 0.6 is 11.8 Å². The summed E-state index contributed by atoms with van der Waals surface area (Å²) < 4.78 is 18.6. The van der Waals surface area contributed by atoms with Crippen LogP contribution in [0.15, 0.2) is 48.5 Å². The number of amides is 2. The molecule has 0 unspecified atom stereocenters. The van der Waals surface area contributed by atoms with Crippen molar-refractivity contribution in [3.63, 3.8) is 0 Å². The van der Waals surface area contributed by atoms with Gasteiger partial charge in [-0.3, -0.25) is 14.4 Å². The van der Waals surface area contributed by atoms with E-state index in [9.17, 15) is 18.8 Å². The van der Waals surface area contributed by atoms with E-state index in [0.29, 0.717) is 5.69 Å². The fourth-order valence-electron chi connectivity index (χ4n) is 2.33. The summed E-state index contributed by atoms with van der Waals surface area (Å²) in [6.07, 6.45) is -0.0701. The lowest BCUT2D eigenvalue weighted by molar-refractivity contribution is -0.150. The van der Waals surface area contributed by atoms with Crippen LogP contribution in [0.5, 0.6) is 0 Å². The van der Waals surface area contributed by atoms with E-state index >= 15 is 0 Å². The van der Waals surface area contributed by atoms with Crippen molar-refractivity contribution < 1.29 is 23.5 Å². The number of carbonyl (C=O) groups is 3. The number of hydrogen-bond acceptors (Lipinski definition) is 5. The minimum absolute atomic E-state index is 0.0478. The summed E-state index contributed by atoms with van der Waals surface area (Å²) in [5.41, 5.74) is 1.85. The first-order valence-electron chi connectivity index (χ1n) is 9.10. The van der Waals surface area contributed by atoms with Crippen molar-refractivity contribution in [3.05, 3.63) is 59.9 Å². The Kier molecular flexibility index (Phi) is 8.67. The van der Waals surface area contributed by atoms with Crippen molar-refractivity contribution >= 4 is 40.9 Å². The van der Waals surface area contributed by atoms with Crippen molar-refractivity contribution in [1.29, 1.82) is 0 Å². The lowest BCUT2D eigenvalue weighted by Crippen LogP contribution is -2.30. The Hall–Kier alpha value is -2.87. The van der Waals surface area contributed by atoms with Crippen LogP contribution in [0.3, 0.4) is 0 Å². The zero-order valence-electron chi connectivity index (χ0n) is 16.2. The normalized spacial score (nSPS) is 11.4. The van der Waals surface area contributed by atoms with E-state index in [-0.39, 0.29) is 17.2 Å². The average Bonchev–Trinajstić information content (AvgIpc) is 2.70. The monoisotopic (exact) mass is 418 g/mol. The van der Waals surface area contributed by atoms with Crippen LogP contribution in [0.1, 0.15) is 19.4 Å². The lowest BCUT2D eigenvalue weighted by Gasteiger charge is -2.13. The largest absolute Gasteiger partial charge is 0.452 e. The predicted molar refractivity (Wildman–Crippen MR) is 112 cm³/mol. The maximum absolute atomic E-state index is 13.5. The van der Waals surface area contributed by atoms with Crippen LogP contribution in [-0.2, 0) is 25.5 Å². The van der Waals surface area contributed by atoms with Crippen molar-refractivity contribution in [3.8, 4) is 0 Å². The number of esters is 1. The number of hydrogen-bond donors (Lipinski definition) is 2. The molecule has 0 saturated carbocycles. The zero-order chi connectivity index (χ0) is 21.2. The number of thioether (sulfide) groups is 1. The van der Waals surface area contributed by atoms with Gasteiger partial charge in [0, 0.05) is 5.69 Å². The van der Waals surface area contributed by atoms with Gasteiger partial charge in [0.25, 0.3) is 5.91 Å². The second-order valence-corrected chi connectivity index (χ2v) is 7.18. The van der Waals surface area contributed by atoms with Crippen LogP contribution in [0.2, 0.25) is 0 Å². The number of para-hydroxylation sites is 1. The highest BCUT2D eigenvalue weighted by atomic mass is 32.2. The van der Waals surface area contributed by atoms with E-state index < -0.39 is 29.7 Å². The average molecular weight is 418 g/mol. The van der Waals surface area contributed by atoms with Gasteiger partial charge in [-0.1, -0.05) is 31.2 Å². The van der Waals surface area contributed by atoms with Gasteiger partial charge in [0.1, 0.15) is 5.82 Å². The first-order valence-corrected chi connectivity index (χ1v) is 10.3. The minimum atomic E-state index is -0.971. The molecule has 2 aromatic rings. The Balaban J connectivity index is 1.70. The highest BCUT2D eigenvalue weighted by Gasteiger charge is 2.18. The van der Waals surface area contributed by atoms with E-state index in [2.05, 4.69) is 10.6 Å². The zero-order valence-corrected chi connectivity index (χ0v) is 17.1. The third kappa shape index (κ3) is 7.57. The van der Waals surface area contributed by atoms with Crippen molar-refractivity contribution in [1.82, 2.24) is 0 Å². The van der Waals surface area contributed by atoms with E-state index in [1.54, 1.807) is 18.2 Å². The van der Waals surface area contributed by atoms with Gasteiger partial charge in [0.15, 0.2) is 6.10 Å². The quantitative estimate of drug-likeness (QED) is 0.608. The number of ether oxygens (including phenoxy) is 1. The molecule has 154 valence electrons. The Morgan fingerprint density at radius 1 is 1.03 bits per heavy atom. The van der Waals surface area contributed by atoms with E-state index in [1.165, 1.54) is 25.1 Å². The summed E-state index contributed by atoms with van der Waals surface area (Å²) in [6, 6.07) is 13.2. The van der Waals surface area contributed by atoms with Crippen molar-refractivity contribution in [2.75, 3.05) is 22.1 Å². The van der Waals surface area contributed by atoms with Crippen LogP contribution in [-0.4, -0.2) is 35.4 Å². The highest BCUT2D eigenvalue weighted by Crippen LogP contribution is 2.14. The third-order valence-electron chi connectivity index (χ3n) is 3.91.